The first-order chi connectivity index (χ1) is 10.9. The highest BCUT2D eigenvalue weighted by molar-refractivity contribution is 6.05. The number of esters is 2. The SMILES string of the molecule is NC(=O)c1cc(C(=O)O)cc(C(=O)OC(=O)c2ccccc2)c1. The van der Waals surface area contributed by atoms with E-state index in [-0.39, 0.29) is 22.3 Å². The zero-order chi connectivity index (χ0) is 17.0. The van der Waals surface area contributed by atoms with Gasteiger partial charge in [0.1, 0.15) is 0 Å². The van der Waals surface area contributed by atoms with Gasteiger partial charge >= 0.3 is 17.9 Å². The van der Waals surface area contributed by atoms with E-state index in [0.717, 1.165) is 18.2 Å². The molecule has 1 amide bonds. The molecule has 2 aromatic rings. The molecule has 7 heteroatoms. The summed E-state index contributed by atoms with van der Waals surface area (Å²) >= 11 is 0. The van der Waals surface area contributed by atoms with Gasteiger partial charge in [-0.2, -0.15) is 0 Å². The highest BCUT2D eigenvalue weighted by Crippen LogP contribution is 2.13. The van der Waals surface area contributed by atoms with Crippen LogP contribution in [0.5, 0.6) is 0 Å². The topological polar surface area (TPSA) is 124 Å². The molecule has 0 unspecified atom stereocenters. The van der Waals surface area contributed by atoms with Crippen LogP contribution in [0.15, 0.2) is 48.5 Å². The molecule has 0 spiro atoms. The molecule has 0 fully saturated rings. The van der Waals surface area contributed by atoms with Crippen LogP contribution >= 0.6 is 0 Å². The molecule has 0 radical (unpaired) electrons. The van der Waals surface area contributed by atoms with Crippen LogP contribution in [0.1, 0.15) is 41.4 Å². The number of nitrogens with two attached hydrogens (primary N) is 1. The van der Waals surface area contributed by atoms with Crippen LogP contribution in [0.4, 0.5) is 0 Å². The first kappa shape index (κ1) is 15.9. The number of ether oxygens (including phenoxy) is 1. The molecular formula is C16H11NO6. The summed E-state index contributed by atoms with van der Waals surface area (Å²) in [6, 6.07) is 10.9. The summed E-state index contributed by atoms with van der Waals surface area (Å²) < 4.78 is 4.67. The Morgan fingerprint density at radius 1 is 0.783 bits per heavy atom. The molecule has 0 aliphatic heterocycles. The van der Waals surface area contributed by atoms with Crippen LogP contribution in [-0.2, 0) is 4.74 Å². The highest BCUT2D eigenvalue weighted by Gasteiger charge is 2.18. The summed E-state index contributed by atoms with van der Waals surface area (Å²) in [6.07, 6.45) is 0. The third-order valence-electron chi connectivity index (χ3n) is 2.90. The summed E-state index contributed by atoms with van der Waals surface area (Å²) in [7, 11) is 0. The lowest BCUT2D eigenvalue weighted by molar-refractivity contribution is 0.0397. The molecule has 2 rings (SSSR count). The van der Waals surface area contributed by atoms with E-state index in [9.17, 15) is 19.2 Å². The zero-order valence-corrected chi connectivity index (χ0v) is 11.7. The summed E-state index contributed by atoms with van der Waals surface area (Å²) in [4.78, 5) is 46.0. The normalized spacial score (nSPS) is 9.91. The quantitative estimate of drug-likeness (QED) is 0.651. The second-order valence-electron chi connectivity index (χ2n) is 4.51. The number of amides is 1. The number of rotatable bonds is 4. The van der Waals surface area contributed by atoms with E-state index in [2.05, 4.69) is 4.74 Å². The van der Waals surface area contributed by atoms with Crippen LogP contribution < -0.4 is 5.73 Å². The lowest BCUT2D eigenvalue weighted by Crippen LogP contribution is -2.17. The van der Waals surface area contributed by atoms with E-state index in [0.29, 0.717) is 0 Å². The Balaban J connectivity index is 2.30. The van der Waals surface area contributed by atoms with Gasteiger partial charge in [0.15, 0.2) is 0 Å². The lowest BCUT2D eigenvalue weighted by atomic mass is 10.1. The molecular weight excluding hydrogens is 302 g/mol. The fourth-order valence-electron chi connectivity index (χ4n) is 1.79. The van der Waals surface area contributed by atoms with Crippen molar-refractivity contribution in [1.82, 2.24) is 0 Å². The minimum absolute atomic E-state index is 0.158. The largest absolute Gasteiger partial charge is 0.478 e. The van der Waals surface area contributed by atoms with Gasteiger partial charge in [0.05, 0.1) is 16.7 Å². The first-order valence-corrected chi connectivity index (χ1v) is 6.38. The molecule has 116 valence electrons. The van der Waals surface area contributed by atoms with Crippen LogP contribution in [0.3, 0.4) is 0 Å². The number of carbonyl (C=O) groups is 4. The number of hydrogen-bond acceptors (Lipinski definition) is 5. The zero-order valence-electron chi connectivity index (χ0n) is 11.7. The maximum absolute atomic E-state index is 12.0. The molecule has 0 atom stereocenters. The lowest BCUT2D eigenvalue weighted by Gasteiger charge is -2.06. The molecule has 0 bridgehead atoms. The molecule has 0 aliphatic rings. The molecule has 2 aromatic carbocycles. The van der Waals surface area contributed by atoms with Crippen molar-refractivity contribution in [2.24, 2.45) is 5.73 Å². The Morgan fingerprint density at radius 3 is 1.87 bits per heavy atom. The van der Waals surface area contributed by atoms with Gasteiger partial charge in [-0.15, -0.1) is 0 Å². The Bertz CT molecular complexity index is 765. The number of benzene rings is 2. The van der Waals surface area contributed by atoms with Crippen molar-refractivity contribution in [3.8, 4) is 0 Å². The van der Waals surface area contributed by atoms with Gasteiger partial charge in [0.25, 0.3) is 0 Å². The Morgan fingerprint density at radius 2 is 1.30 bits per heavy atom. The molecule has 0 aromatic heterocycles. The van der Waals surface area contributed by atoms with Gasteiger partial charge < -0.3 is 15.6 Å². The third-order valence-corrected chi connectivity index (χ3v) is 2.90. The highest BCUT2D eigenvalue weighted by atomic mass is 16.6. The Kier molecular flexibility index (Phi) is 4.51. The van der Waals surface area contributed by atoms with Crippen molar-refractivity contribution in [1.29, 1.82) is 0 Å². The number of hydrogen-bond donors (Lipinski definition) is 2. The Hall–Kier alpha value is -3.48. The molecule has 7 nitrogen and oxygen atoms in total. The van der Waals surface area contributed by atoms with Crippen LogP contribution in [0.2, 0.25) is 0 Å². The van der Waals surface area contributed by atoms with Crippen LogP contribution in [0, 0.1) is 0 Å². The molecule has 0 aliphatic carbocycles. The van der Waals surface area contributed by atoms with E-state index in [1.54, 1.807) is 18.2 Å². The van der Waals surface area contributed by atoms with Crippen LogP contribution in [-0.4, -0.2) is 28.9 Å². The smallest absolute Gasteiger partial charge is 0.346 e. The molecule has 23 heavy (non-hydrogen) atoms. The number of carbonyl (C=O) groups excluding carboxylic acids is 3. The van der Waals surface area contributed by atoms with E-state index >= 15 is 0 Å². The number of carboxylic acids is 1. The summed E-state index contributed by atoms with van der Waals surface area (Å²) in [5, 5.41) is 8.99. The standard InChI is InChI=1S/C16H11NO6/c17-13(18)10-6-11(14(19)20)8-12(7-10)16(22)23-15(21)9-4-2-1-3-5-9/h1-8H,(H2,17,18)(H,19,20). The van der Waals surface area contributed by atoms with E-state index in [4.69, 9.17) is 10.8 Å². The van der Waals surface area contributed by atoms with Crippen molar-refractivity contribution in [3.63, 3.8) is 0 Å². The van der Waals surface area contributed by atoms with Crippen molar-refractivity contribution in [2.75, 3.05) is 0 Å². The molecule has 0 saturated carbocycles. The summed E-state index contributed by atoms with van der Waals surface area (Å²) in [5.41, 5.74) is 4.49. The summed E-state index contributed by atoms with van der Waals surface area (Å²) in [5.74, 6) is -4.23. The average Bonchev–Trinajstić information content (AvgIpc) is 2.55. The first-order valence-electron chi connectivity index (χ1n) is 6.38. The van der Waals surface area contributed by atoms with Gasteiger partial charge in [0, 0.05) is 5.56 Å². The fraction of sp³-hybridized carbons (Fsp3) is 0. The van der Waals surface area contributed by atoms with Gasteiger partial charge in [-0.3, -0.25) is 4.79 Å². The predicted molar refractivity (Wildman–Crippen MR) is 78.1 cm³/mol. The molecule has 0 saturated heterocycles. The van der Waals surface area contributed by atoms with Gasteiger partial charge in [-0.25, -0.2) is 14.4 Å². The minimum Gasteiger partial charge on any atom is -0.478 e. The predicted octanol–water partition coefficient (Wildman–Crippen LogP) is 1.48. The van der Waals surface area contributed by atoms with Crippen LogP contribution in [0.25, 0.3) is 0 Å². The second kappa shape index (κ2) is 6.52. The van der Waals surface area contributed by atoms with Gasteiger partial charge in [0.2, 0.25) is 5.91 Å². The molecule has 3 N–H and O–H groups in total. The third kappa shape index (κ3) is 3.79. The number of carboxylic acid groups (broad SMARTS) is 1. The van der Waals surface area contributed by atoms with Gasteiger partial charge in [-0.05, 0) is 30.3 Å². The summed E-state index contributed by atoms with van der Waals surface area (Å²) in [6.45, 7) is 0. The Labute approximate surface area is 130 Å². The van der Waals surface area contributed by atoms with Gasteiger partial charge in [-0.1, -0.05) is 18.2 Å². The average molecular weight is 313 g/mol. The minimum atomic E-state index is -1.35. The van der Waals surface area contributed by atoms with Crippen molar-refractivity contribution >= 4 is 23.8 Å². The van der Waals surface area contributed by atoms with Crippen molar-refractivity contribution in [2.45, 2.75) is 0 Å². The van der Waals surface area contributed by atoms with Crippen molar-refractivity contribution < 1.29 is 29.0 Å². The number of primary amides is 1. The second-order valence-corrected chi connectivity index (χ2v) is 4.51. The monoisotopic (exact) mass is 313 g/mol. The molecule has 0 heterocycles. The number of aromatic carboxylic acids is 1. The van der Waals surface area contributed by atoms with E-state index in [1.807, 2.05) is 0 Å². The van der Waals surface area contributed by atoms with Crippen molar-refractivity contribution in [3.05, 3.63) is 70.8 Å². The van der Waals surface area contributed by atoms with E-state index in [1.165, 1.54) is 12.1 Å². The maximum Gasteiger partial charge on any atom is 0.346 e. The fourth-order valence-corrected chi connectivity index (χ4v) is 1.79. The maximum atomic E-state index is 12.0. The van der Waals surface area contributed by atoms with E-state index < -0.39 is 23.8 Å².